The third-order valence-electron chi connectivity index (χ3n) is 3.79. The van der Waals surface area contributed by atoms with Crippen molar-refractivity contribution in [3.8, 4) is 0 Å². The Bertz CT molecular complexity index is 511. The third-order valence-corrected chi connectivity index (χ3v) is 4.05. The molecular weight excluding hydrogens is 304 g/mol. The number of aryl methyl sites for hydroxylation is 1. The van der Waals surface area contributed by atoms with Gasteiger partial charge >= 0.3 is 0 Å². The van der Waals surface area contributed by atoms with Crippen molar-refractivity contribution < 1.29 is 14.3 Å². The zero-order valence-electron chi connectivity index (χ0n) is 12.8. The molecule has 0 unspecified atom stereocenters. The summed E-state index contributed by atoms with van der Waals surface area (Å²) in [6, 6.07) is 7.55. The largest absolute Gasteiger partial charge is 0.375 e. The van der Waals surface area contributed by atoms with E-state index in [9.17, 15) is 9.59 Å². The fourth-order valence-corrected chi connectivity index (χ4v) is 2.61. The first-order chi connectivity index (χ1) is 10.6. The Morgan fingerprint density at radius 1 is 1.05 bits per heavy atom. The van der Waals surface area contributed by atoms with Crippen LogP contribution in [-0.4, -0.2) is 61.5 Å². The average molecular weight is 325 g/mol. The van der Waals surface area contributed by atoms with Gasteiger partial charge in [-0.2, -0.15) is 0 Å². The van der Waals surface area contributed by atoms with Crippen molar-refractivity contribution in [2.45, 2.75) is 12.8 Å². The van der Waals surface area contributed by atoms with E-state index in [-0.39, 0.29) is 18.4 Å². The van der Waals surface area contributed by atoms with Gasteiger partial charge in [-0.3, -0.25) is 9.59 Å². The highest BCUT2D eigenvalue weighted by Gasteiger charge is 2.23. The predicted molar refractivity (Wildman–Crippen MR) is 84.8 cm³/mol. The number of nitrogens with zero attached hydrogens (tertiary/aromatic N) is 2. The lowest BCUT2D eigenvalue weighted by Crippen LogP contribution is -2.51. The van der Waals surface area contributed by atoms with Crippen LogP contribution in [0.25, 0.3) is 0 Å². The van der Waals surface area contributed by atoms with E-state index in [2.05, 4.69) is 0 Å². The zero-order valence-corrected chi connectivity index (χ0v) is 13.5. The highest BCUT2D eigenvalue weighted by molar-refractivity contribution is 6.30. The highest BCUT2D eigenvalue weighted by atomic mass is 35.5. The van der Waals surface area contributed by atoms with Gasteiger partial charge in [0.15, 0.2) is 0 Å². The molecule has 22 heavy (non-hydrogen) atoms. The molecule has 0 saturated carbocycles. The molecule has 0 radical (unpaired) electrons. The van der Waals surface area contributed by atoms with Gasteiger partial charge in [-0.15, -0.1) is 0 Å². The summed E-state index contributed by atoms with van der Waals surface area (Å²) in [6.07, 6.45) is 1.19. The Morgan fingerprint density at radius 3 is 2.14 bits per heavy atom. The molecule has 1 fully saturated rings. The minimum absolute atomic E-state index is 0.0178. The van der Waals surface area contributed by atoms with E-state index in [4.69, 9.17) is 16.3 Å². The third kappa shape index (κ3) is 4.71. The number of halogens is 1. The van der Waals surface area contributed by atoms with Crippen LogP contribution in [0, 0.1) is 0 Å². The molecule has 0 spiro atoms. The van der Waals surface area contributed by atoms with Crippen molar-refractivity contribution in [3.63, 3.8) is 0 Å². The molecule has 0 N–H and O–H groups in total. The first-order valence-electron chi connectivity index (χ1n) is 7.39. The maximum absolute atomic E-state index is 12.2. The summed E-state index contributed by atoms with van der Waals surface area (Å²) in [6.45, 7) is 2.44. The Kier molecular flexibility index (Phi) is 6.21. The maximum atomic E-state index is 12.2. The van der Waals surface area contributed by atoms with Crippen LogP contribution in [-0.2, 0) is 20.7 Å². The summed E-state index contributed by atoms with van der Waals surface area (Å²) in [5.74, 6) is 0.115. The van der Waals surface area contributed by atoms with Crippen LogP contribution in [0.5, 0.6) is 0 Å². The van der Waals surface area contributed by atoms with E-state index in [1.54, 1.807) is 4.90 Å². The number of rotatable bonds is 5. The topological polar surface area (TPSA) is 49.9 Å². The van der Waals surface area contributed by atoms with Crippen molar-refractivity contribution in [3.05, 3.63) is 34.9 Å². The second-order valence-corrected chi connectivity index (χ2v) is 5.76. The van der Waals surface area contributed by atoms with E-state index in [1.165, 1.54) is 7.11 Å². The van der Waals surface area contributed by atoms with Gasteiger partial charge in [-0.05, 0) is 24.1 Å². The quantitative estimate of drug-likeness (QED) is 0.826. The van der Waals surface area contributed by atoms with Gasteiger partial charge in [0, 0.05) is 44.7 Å². The number of hydrogen-bond acceptors (Lipinski definition) is 3. The molecule has 0 bridgehead atoms. The number of benzene rings is 1. The van der Waals surface area contributed by atoms with Crippen molar-refractivity contribution in [2.75, 3.05) is 39.9 Å². The molecule has 2 rings (SSSR count). The van der Waals surface area contributed by atoms with Crippen LogP contribution in [0.15, 0.2) is 24.3 Å². The van der Waals surface area contributed by atoms with Crippen LogP contribution in [0.3, 0.4) is 0 Å². The molecule has 1 aromatic rings. The van der Waals surface area contributed by atoms with Gasteiger partial charge in [-0.25, -0.2) is 0 Å². The van der Waals surface area contributed by atoms with Crippen molar-refractivity contribution in [1.82, 2.24) is 9.80 Å². The Labute approximate surface area is 135 Å². The SMILES string of the molecule is COCC(=O)N1CCN(C(=O)CCc2ccc(Cl)cc2)CC1. The van der Waals surface area contributed by atoms with Gasteiger partial charge in [0.1, 0.15) is 6.61 Å². The average Bonchev–Trinajstić information content (AvgIpc) is 2.54. The van der Waals surface area contributed by atoms with Crippen LogP contribution in [0.2, 0.25) is 5.02 Å². The number of carbonyl (C=O) groups excluding carboxylic acids is 2. The Balaban J connectivity index is 1.75. The Morgan fingerprint density at radius 2 is 1.59 bits per heavy atom. The monoisotopic (exact) mass is 324 g/mol. The second kappa shape index (κ2) is 8.15. The van der Waals surface area contributed by atoms with E-state index in [0.29, 0.717) is 44.0 Å². The number of ether oxygens (including phenoxy) is 1. The molecule has 2 amide bonds. The zero-order chi connectivity index (χ0) is 15.9. The summed E-state index contributed by atoms with van der Waals surface area (Å²) in [7, 11) is 1.51. The van der Waals surface area contributed by atoms with Crippen LogP contribution in [0.1, 0.15) is 12.0 Å². The molecule has 1 saturated heterocycles. The smallest absolute Gasteiger partial charge is 0.248 e. The van der Waals surface area contributed by atoms with E-state index >= 15 is 0 Å². The lowest BCUT2D eigenvalue weighted by atomic mass is 10.1. The normalized spacial score (nSPS) is 15.0. The van der Waals surface area contributed by atoms with Crippen molar-refractivity contribution in [2.24, 2.45) is 0 Å². The number of carbonyl (C=O) groups is 2. The summed E-state index contributed by atoms with van der Waals surface area (Å²) in [4.78, 5) is 27.5. The summed E-state index contributed by atoms with van der Waals surface area (Å²) >= 11 is 5.84. The fraction of sp³-hybridized carbons (Fsp3) is 0.500. The number of methoxy groups -OCH3 is 1. The van der Waals surface area contributed by atoms with Gasteiger partial charge in [0.25, 0.3) is 0 Å². The molecule has 120 valence electrons. The van der Waals surface area contributed by atoms with E-state index < -0.39 is 0 Å². The molecule has 0 aromatic heterocycles. The molecule has 1 aliphatic rings. The maximum Gasteiger partial charge on any atom is 0.248 e. The number of hydrogen-bond donors (Lipinski definition) is 0. The van der Waals surface area contributed by atoms with Crippen LogP contribution >= 0.6 is 11.6 Å². The lowest BCUT2D eigenvalue weighted by Gasteiger charge is -2.34. The minimum Gasteiger partial charge on any atom is -0.375 e. The van der Waals surface area contributed by atoms with Gasteiger partial charge in [-0.1, -0.05) is 23.7 Å². The second-order valence-electron chi connectivity index (χ2n) is 5.32. The minimum atomic E-state index is -0.0178. The first kappa shape index (κ1) is 16.8. The van der Waals surface area contributed by atoms with E-state index in [0.717, 1.165) is 5.56 Å². The molecule has 0 atom stereocenters. The van der Waals surface area contributed by atoms with Crippen molar-refractivity contribution in [1.29, 1.82) is 0 Å². The van der Waals surface area contributed by atoms with Gasteiger partial charge < -0.3 is 14.5 Å². The molecule has 0 aliphatic carbocycles. The summed E-state index contributed by atoms with van der Waals surface area (Å²) in [5, 5.41) is 0.701. The van der Waals surface area contributed by atoms with Crippen LogP contribution in [0.4, 0.5) is 0 Å². The Hall–Kier alpha value is -1.59. The highest BCUT2D eigenvalue weighted by Crippen LogP contribution is 2.12. The van der Waals surface area contributed by atoms with Gasteiger partial charge in [0.05, 0.1) is 0 Å². The number of piperazine rings is 1. The first-order valence-corrected chi connectivity index (χ1v) is 7.77. The van der Waals surface area contributed by atoms with Crippen molar-refractivity contribution >= 4 is 23.4 Å². The predicted octanol–water partition coefficient (Wildman–Crippen LogP) is 1.59. The molecular formula is C16H21ClN2O3. The molecule has 1 heterocycles. The standard InChI is InChI=1S/C16H21ClN2O3/c1-22-12-16(21)19-10-8-18(9-11-19)15(20)7-4-13-2-5-14(17)6-3-13/h2-3,5-6H,4,7-12H2,1H3. The molecule has 1 aliphatic heterocycles. The van der Waals surface area contributed by atoms with Gasteiger partial charge in [0.2, 0.25) is 11.8 Å². The van der Waals surface area contributed by atoms with E-state index in [1.807, 2.05) is 29.2 Å². The fourth-order valence-electron chi connectivity index (χ4n) is 2.48. The number of amides is 2. The molecule has 6 heteroatoms. The summed E-state index contributed by atoms with van der Waals surface area (Å²) < 4.78 is 4.85. The van der Waals surface area contributed by atoms with Crippen LogP contribution < -0.4 is 0 Å². The molecule has 1 aromatic carbocycles. The summed E-state index contributed by atoms with van der Waals surface area (Å²) in [5.41, 5.74) is 1.10. The molecule has 5 nitrogen and oxygen atoms in total. The lowest BCUT2D eigenvalue weighted by molar-refractivity contribution is -0.141.